The molecular weight excluding hydrogens is 252 g/mol. The quantitative estimate of drug-likeness (QED) is 0.608. The van der Waals surface area contributed by atoms with E-state index >= 15 is 0 Å². The summed E-state index contributed by atoms with van der Waals surface area (Å²) >= 11 is 1.68. The molecule has 0 aliphatic rings. The number of ether oxygens (including phenoxy) is 1. The monoisotopic (exact) mass is 270 g/mol. The van der Waals surface area contributed by atoms with Gasteiger partial charge in [0, 0.05) is 23.6 Å². The first kappa shape index (κ1) is 14.8. The summed E-state index contributed by atoms with van der Waals surface area (Å²) in [6.07, 6.45) is 0.936. The van der Waals surface area contributed by atoms with Crippen molar-refractivity contribution in [1.82, 2.24) is 0 Å². The average Bonchev–Trinajstić information content (AvgIpc) is 2.37. The van der Waals surface area contributed by atoms with Crippen molar-refractivity contribution in [2.75, 3.05) is 12.9 Å². The zero-order chi connectivity index (χ0) is 13.5. The molecule has 5 nitrogen and oxygen atoms in total. The van der Waals surface area contributed by atoms with Crippen LogP contribution in [0.2, 0.25) is 0 Å². The van der Waals surface area contributed by atoms with Crippen molar-refractivity contribution in [1.29, 1.82) is 0 Å². The first-order valence-corrected chi connectivity index (χ1v) is 6.88. The largest absolute Gasteiger partial charge is 0.496 e. The summed E-state index contributed by atoms with van der Waals surface area (Å²) in [5, 5.41) is 10.8. The summed E-state index contributed by atoms with van der Waals surface area (Å²) in [6, 6.07) is 4.99. The maximum absolute atomic E-state index is 10.8. The molecule has 1 aromatic rings. The van der Waals surface area contributed by atoms with Crippen molar-refractivity contribution in [3.63, 3.8) is 0 Å². The lowest BCUT2D eigenvalue weighted by atomic mass is 10.2. The van der Waals surface area contributed by atoms with Crippen LogP contribution in [0, 0.1) is 10.1 Å². The Bertz CT molecular complexity index is 412. The molecule has 0 aromatic heterocycles. The van der Waals surface area contributed by atoms with E-state index in [0.717, 1.165) is 17.7 Å². The van der Waals surface area contributed by atoms with Crippen LogP contribution in [0.3, 0.4) is 0 Å². The SMILES string of the molecule is CCC(N)CSCc1cc(OC)cc([N+](=O)[O-])c1. The van der Waals surface area contributed by atoms with Crippen LogP contribution >= 0.6 is 11.8 Å². The summed E-state index contributed by atoms with van der Waals surface area (Å²) in [6.45, 7) is 2.04. The predicted molar refractivity (Wildman–Crippen MR) is 74.1 cm³/mol. The Balaban J connectivity index is 2.69. The Morgan fingerprint density at radius 3 is 2.78 bits per heavy atom. The summed E-state index contributed by atoms with van der Waals surface area (Å²) in [5.74, 6) is 2.06. The van der Waals surface area contributed by atoms with E-state index < -0.39 is 4.92 Å². The lowest BCUT2D eigenvalue weighted by Crippen LogP contribution is -2.21. The fourth-order valence-electron chi connectivity index (χ4n) is 1.40. The van der Waals surface area contributed by atoms with E-state index in [4.69, 9.17) is 10.5 Å². The van der Waals surface area contributed by atoms with Crippen LogP contribution in [0.15, 0.2) is 18.2 Å². The van der Waals surface area contributed by atoms with E-state index in [-0.39, 0.29) is 11.7 Å². The van der Waals surface area contributed by atoms with E-state index in [1.807, 2.05) is 13.0 Å². The van der Waals surface area contributed by atoms with Gasteiger partial charge >= 0.3 is 0 Å². The van der Waals surface area contributed by atoms with Gasteiger partial charge in [-0.1, -0.05) is 6.92 Å². The number of thioether (sulfide) groups is 1. The number of nitro benzene ring substituents is 1. The van der Waals surface area contributed by atoms with Gasteiger partial charge in [0.25, 0.3) is 5.69 Å². The van der Waals surface area contributed by atoms with Crippen LogP contribution in [0.1, 0.15) is 18.9 Å². The standard InChI is InChI=1S/C12H18N2O3S/c1-3-10(13)8-18-7-9-4-11(14(15)16)6-12(5-9)17-2/h4-6,10H,3,7-8,13H2,1-2H3. The molecule has 0 amide bonds. The molecule has 1 unspecified atom stereocenters. The van der Waals surface area contributed by atoms with Gasteiger partial charge in [-0.3, -0.25) is 10.1 Å². The second kappa shape index (κ2) is 7.23. The van der Waals surface area contributed by atoms with Gasteiger partial charge in [0.05, 0.1) is 18.1 Å². The molecule has 6 heteroatoms. The van der Waals surface area contributed by atoms with Gasteiger partial charge in [0.15, 0.2) is 0 Å². The molecule has 0 spiro atoms. The molecule has 0 heterocycles. The lowest BCUT2D eigenvalue weighted by Gasteiger charge is -2.08. The Morgan fingerprint density at radius 2 is 2.22 bits per heavy atom. The van der Waals surface area contributed by atoms with E-state index in [9.17, 15) is 10.1 Å². The minimum Gasteiger partial charge on any atom is -0.496 e. The van der Waals surface area contributed by atoms with E-state index in [2.05, 4.69) is 0 Å². The summed E-state index contributed by atoms with van der Waals surface area (Å²) < 4.78 is 5.06. The number of nitrogens with two attached hydrogens (primary N) is 1. The zero-order valence-electron chi connectivity index (χ0n) is 10.6. The highest BCUT2D eigenvalue weighted by molar-refractivity contribution is 7.98. The van der Waals surface area contributed by atoms with E-state index in [1.165, 1.54) is 13.2 Å². The highest BCUT2D eigenvalue weighted by Crippen LogP contribution is 2.25. The molecule has 1 rings (SSSR count). The number of benzene rings is 1. The highest BCUT2D eigenvalue weighted by atomic mass is 32.2. The van der Waals surface area contributed by atoms with Gasteiger partial charge in [0.2, 0.25) is 0 Å². The van der Waals surface area contributed by atoms with Crippen LogP contribution in [0.5, 0.6) is 5.75 Å². The third kappa shape index (κ3) is 4.54. The molecule has 0 radical (unpaired) electrons. The van der Waals surface area contributed by atoms with Gasteiger partial charge in [0.1, 0.15) is 5.75 Å². The Kier molecular flexibility index (Phi) is 5.94. The molecule has 0 saturated heterocycles. The van der Waals surface area contributed by atoms with Crippen molar-refractivity contribution in [2.24, 2.45) is 5.73 Å². The number of methoxy groups -OCH3 is 1. The second-order valence-electron chi connectivity index (χ2n) is 3.98. The number of nitrogens with zero attached hydrogens (tertiary/aromatic N) is 1. The minimum absolute atomic E-state index is 0.0599. The third-order valence-electron chi connectivity index (χ3n) is 2.52. The van der Waals surface area contributed by atoms with Gasteiger partial charge in [-0.05, 0) is 18.1 Å². The molecule has 0 aliphatic heterocycles. The molecule has 1 aromatic carbocycles. The van der Waals surface area contributed by atoms with Crippen molar-refractivity contribution in [3.05, 3.63) is 33.9 Å². The van der Waals surface area contributed by atoms with Gasteiger partial charge in [-0.25, -0.2) is 0 Å². The molecule has 2 N–H and O–H groups in total. The van der Waals surface area contributed by atoms with Crippen LogP contribution in [-0.4, -0.2) is 23.8 Å². The maximum atomic E-state index is 10.8. The van der Waals surface area contributed by atoms with Gasteiger partial charge in [-0.2, -0.15) is 11.8 Å². The van der Waals surface area contributed by atoms with Crippen LogP contribution in [0.4, 0.5) is 5.69 Å². The Hall–Kier alpha value is -1.27. The molecule has 0 bridgehead atoms. The molecular formula is C12H18N2O3S. The number of hydrogen-bond donors (Lipinski definition) is 1. The van der Waals surface area contributed by atoms with Crippen molar-refractivity contribution >= 4 is 17.4 Å². The Labute approximate surface area is 111 Å². The molecule has 1 atom stereocenters. The van der Waals surface area contributed by atoms with E-state index in [0.29, 0.717) is 11.5 Å². The van der Waals surface area contributed by atoms with Crippen molar-refractivity contribution < 1.29 is 9.66 Å². The normalized spacial score (nSPS) is 12.2. The maximum Gasteiger partial charge on any atom is 0.273 e. The smallest absolute Gasteiger partial charge is 0.273 e. The molecule has 0 aliphatic carbocycles. The van der Waals surface area contributed by atoms with Crippen LogP contribution in [-0.2, 0) is 5.75 Å². The third-order valence-corrected chi connectivity index (χ3v) is 3.72. The summed E-state index contributed by atoms with van der Waals surface area (Å²) in [4.78, 5) is 10.4. The first-order valence-electron chi connectivity index (χ1n) is 5.72. The zero-order valence-corrected chi connectivity index (χ0v) is 11.4. The summed E-state index contributed by atoms with van der Waals surface area (Å²) in [7, 11) is 1.50. The molecule has 0 fully saturated rings. The van der Waals surface area contributed by atoms with Crippen LogP contribution < -0.4 is 10.5 Å². The molecule has 0 saturated carbocycles. The van der Waals surface area contributed by atoms with Crippen molar-refractivity contribution in [3.8, 4) is 5.75 Å². The molecule has 18 heavy (non-hydrogen) atoms. The average molecular weight is 270 g/mol. The minimum atomic E-state index is -0.408. The van der Waals surface area contributed by atoms with Crippen LogP contribution in [0.25, 0.3) is 0 Å². The molecule has 100 valence electrons. The van der Waals surface area contributed by atoms with Crippen molar-refractivity contribution in [2.45, 2.75) is 25.1 Å². The summed E-state index contributed by atoms with van der Waals surface area (Å²) in [5.41, 5.74) is 6.76. The topological polar surface area (TPSA) is 78.4 Å². The first-order chi connectivity index (χ1) is 8.56. The predicted octanol–water partition coefficient (Wildman–Crippen LogP) is 2.57. The Morgan fingerprint density at radius 1 is 1.50 bits per heavy atom. The second-order valence-corrected chi connectivity index (χ2v) is 5.01. The lowest BCUT2D eigenvalue weighted by molar-refractivity contribution is -0.385. The number of nitro groups is 1. The number of rotatable bonds is 7. The van der Waals surface area contributed by atoms with Gasteiger partial charge < -0.3 is 10.5 Å². The fourth-order valence-corrected chi connectivity index (χ4v) is 2.45. The number of hydrogen-bond acceptors (Lipinski definition) is 5. The fraction of sp³-hybridized carbons (Fsp3) is 0.500. The highest BCUT2D eigenvalue weighted by Gasteiger charge is 2.10. The van der Waals surface area contributed by atoms with E-state index in [1.54, 1.807) is 17.8 Å². The number of non-ortho nitro benzene ring substituents is 1. The van der Waals surface area contributed by atoms with Gasteiger partial charge in [-0.15, -0.1) is 0 Å².